The van der Waals surface area contributed by atoms with Crippen LogP contribution in [0.25, 0.3) is 22.4 Å². The molecule has 2 aromatic carbocycles. The summed E-state index contributed by atoms with van der Waals surface area (Å²) in [5.41, 5.74) is 3.06. The lowest BCUT2D eigenvalue weighted by Crippen LogP contribution is -2.19. The number of imidazole rings is 1. The van der Waals surface area contributed by atoms with Crippen LogP contribution >= 0.6 is 0 Å². The molecule has 1 aromatic heterocycles. The number of nitrogens with zero attached hydrogens (tertiary/aromatic N) is 2. The van der Waals surface area contributed by atoms with Gasteiger partial charge in [0, 0.05) is 12.1 Å². The van der Waals surface area contributed by atoms with Crippen molar-refractivity contribution in [1.82, 2.24) is 14.9 Å². The van der Waals surface area contributed by atoms with Gasteiger partial charge in [0.25, 0.3) is 0 Å². The number of aromatic nitrogens is 2. The van der Waals surface area contributed by atoms with E-state index in [2.05, 4.69) is 14.9 Å². The van der Waals surface area contributed by atoms with Gasteiger partial charge in [-0.3, -0.25) is 0 Å². The molecular formula is C17H19N3O. The van der Waals surface area contributed by atoms with Gasteiger partial charge in [0.05, 0.1) is 11.0 Å². The summed E-state index contributed by atoms with van der Waals surface area (Å²) >= 11 is 0. The number of para-hydroxylation sites is 2. The third-order valence-electron chi connectivity index (χ3n) is 3.30. The van der Waals surface area contributed by atoms with E-state index in [1.165, 1.54) is 0 Å². The molecule has 4 nitrogen and oxygen atoms in total. The molecule has 0 spiro atoms. The molecule has 21 heavy (non-hydrogen) atoms. The number of ether oxygens (including phenoxy) is 1. The summed E-state index contributed by atoms with van der Waals surface area (Å²) in [5.74, 6) is 1.74. The predicted molar refractivity (Wildman–Crippen MR) is 85.6 cm³/mol. The quantitative estimate of drug-likeness (QED) is 0.781. The molecule has 0 unspecified atom stereocenters. The van der Waals surface area contributed by atoms with Gasteiger partial charge in [0.2, 0.25) is 0 Å². The molecule has 4 heteroatoms. The SMILES string of the molecule is CN(C)CCOc1cccc(-c2nc3ccccc3[nH]2)c1. The van der Waals surface area contributed by atoms with Crippen LogP contribution in [-0.2, 0) is 0 Å². The number of benzene rings is 2. The molecule has 0 aliphatic rings. The van der Waals surface area contributed by atoms with E-state index in [0.29, 0.717) is 6.61 Å². The zero-order chi connectivity index (χ0) is 14.7. The molecule has 0 atom stereocenters. The van der Waals surface area contributed by atoms with Crippen LogP contribution in [0.5, 0.6) is 5.75 Å². The van der Waals surface area contributed by atoms with Crippen molar-refractivity contribution >= 4 is 11.0 Å². The fraction of sp³-hybridized carbons (Fsp3) is 0.235. The molecule has 0 saturated carbocycles. The molecule has 3 aromatic rings. The number of fused-ring (bicyclic) bond motifs is 1. The minimum Gasteiger partial charge on any atom is -0.492 e. The summed E-state index contributed by atoms with van der Waals surface area (Å²) < 4.78 is 5.77. The lowest BCUT2D eigenvalue weighted by Gasteiger charge is -2.11. The van der Waals surface area contributed by atoms with Gasteiger partial charge in [-0.25, -0.2) is 4.98 Å². The van der Waals surface area contributed by atoms with E-state index in [-0.39, 0.29) is 0 Å². The van der Waals surface area contributed by atoms with E-state index >= 15 is 0 Å². The van der Waals surface area contributed by atoms with Gasteiger partial charge < -0.3 is 14.6 Å². The number of aromatic amines is 1. The van der Waals surface area contributed by atoms with Crippen LogP contribution in [0.2, 0.25) is 0 Å². The number of hydrogen-bond acceptors (Lipinski definition) is 3. The average molecular weight is 281 g/mol. The summed E-state index contributed by atoms with van der Waals surface area (Å²) in [6, 6.07) is 16.1. The molecule has 0 radical (unpaired) electrons. The van der Waals surface area contributed by atoms with E-state index in [4.69, 9.17) is 4.74 Å². The molecule has 108 valence electrons. The molecule has 0 aliphatic carbocycles. The number of hydrogen-bond donors (Lipinski definition) is 1. The van der Waals surface area contributed by atoms with Gasteiger partial charge in [0.1, 0.15) is 18.2 Å². The molecule has 1 N–H and O–H groups in total. The second kappa shape index (κ2) is 5.97. The highest BCUT2D eigenvalue weighted by Gasteiger charge is 2.06. The Morgan fingerprint density at radius 1 is 1.10 bits per heavy atom. The van der Waals surface area contributed by atoms with Gasteiger partial charge >= 0.3 is 0 Å². The highest BCUT2D eigenvalue weighted by molar-refractivity contribution is 5.79. The Morgan fingerprint density at radius 3 is 2.76 bits per heavy atom. The second-order valence-electron chi connectivity index (χ2n) is 5.28. The highest BCUT2D eigenvalue weighted by atomic mass is 16.5. The van der Waals surface area contributed by atoms with Crippen molar-refractivity contribution in [1.29, 1.82) is 0 Å². The van der Waals surface area contributed by atoms with E-state index < -0.39 is 0 Å². The van der Waals surface area contributed by atoms with Crippen molar-refractivity contribution in [3.8, 4) is 17.1 Å². The first kappa shape index (κ1) is 13.6. The van der Waals surface area contributed by atoms with Crippen LogP contribution in [0.4, 0.5) is 0 Å². The standard InChI is InChI=1S/C17H19N3O/c1-20(2)10-11-21-14-7-5-6-13(12-14)17-18-15-8-3-4-9-16(15)19-17/h3-9,12H,10-11H2,1-2H3,(H,18,19). The Kier molecular flexibility index (Phi) is 3.88. The molecule has 0 fully saturated rings. The van der Waals surface area contributed by atoms with Gasteiger partial charge in [0.15, 0.2) is 0 Å². The monoisotopic (exact) mass is 281 g/mol. The van der Waals surface area contributed by atoms with Gasteiger partial charge in [-0.2, -0.15) is 0 Å². The van der Waals surface area contributed by atoms with Crippen LogP contribution in [0.1, 0.15) is 0 Å². The summed E-state index contributed by atoms with van der Waals surface area (Å²) in [7, 11) is 4.07. The van der Waals surface area contributed by atoms with Crippen molar-refractivity contribution in [3.63, 3.8) is 0 Å². The van der Waals surface area contributed by atoms with Crippen LogP contribution in [-0.4, -0.2) is 42.1 Å². The topological polar surface area (TPSA) is 41.1 Å². The summed E-state index contributed by atoms with van der Waals surface area (Å²) in [6.45, 7) is 1.57. The number of H-pyrrole nitrogens is 1. The third kappa shape index (κ3) is 3.23. The maximum atomic E-state index is 5.77. The largest absolute Gasteiger partial charge is 0.492 e. The minimum atomic E-state index is 0.677. The van der Waals surface area contributed by atoms with Crippen LogP contribution in [0, 0.1) is 0 Å². The van der Waals surface area contributed by atoms with E-state index in [9.17, 15) is 0 Å². The highest BCUT2D eigenvalue weighted by Crippen LogP contribution is 2.23. The zero-order valence-corrected chi connectivity index (χ0v) is 12.3. The molecule has 0 aliphatic heterocycles. The Balaban J connectivity index is 1.81. The Labute approximate surface area is 124 Å². The van der Waals surface area contributed by atoms with Crippen molar-refractivity contribution in [2.75, 3.05) is 27.2 Å². The predicted octanol–water partition coefficient (Wildman–Crippen LogP) is 3.17. The van der Waals surface area contributed by atoms with Gasteiger partial charge in [-0.05, 0) is 38.4 Å². The molecule has 0 saturated heterocycles. The zero-order valence-electron chi connectivity index (χ0n) is 12.3. The van der Waals surface area contributed by atoms with E-state index in [1.807, 2.05) is 62.6 Å². The summed E-state index contributed by atoms with van der Waals surface area (Å²) in [6.07, 6.45) is 0. The first-order valence-corrected chi connectivity index (χ1v) is 7.05. The third-order valence-corrected chi connectivity index (χ3v) is 3.30. The van der Waals surface area contributed by atoms with Gasteiger partial charge in [-0.1, -0.05) is 24.3 Å². The second-order valence-corrected chi connectivity index (χ2v) is 5.28. The van der Waals surface area contributed by atoms with Crippen LogP contribution in [0.3, 0.4) is 0 Å². The summed E-state index contributed by atoms with van der Waals surface area (Å²) in [5, 5.41) is 0. The molecular weight excluding hydrogens is 262 g/mol. The first-order valence-electron chi connectivity index (χ1n) is 7.05. The lowest BCUT2D eigenvalue weighted by atomic mass is 10.2. The van der Waals surface area contributed by atoms with Crippen LogP contribution < -0.4 is 4.74 Å². The van der Waals surface area contributed by atoms with Crippen molar-refractivity contribution in [3.05, 3.63) is 48.5 Å². The smallest absolute Gasteiger partial charge is 0.138 e. The Morgan fingerprint density at radius 2 is 1.95 bits per heavy atom. The number of rotatable bonds is 5. The Bertz CT molecular complexity index is 700. The average Bonchev–Trinajstić information content (AvgIpc) is 2.91. The summed E-state index contributed by atoms with van der Waals surface area (Å²) in [4.78, 5) is 10.1. The fourth-order valence-corrected chi connectivity index (χ4v) is 2.17. The normalized spacial score (nSPS) is 11.2. The van der Waals surface area contributed by atoms with Gasteiger partial charge in [-0.15, -0.1) is 0 Å². The lowest BCUT2D eigenvalue weighted by molar-refractivity contribution is 0.261. The van der Waals surface area contributed by atoms with Crippen LogP contribution in [0.15, 0.2) is 48.5 Å². The van der Waals surface area contributed by atoms with E-state index in [1.54, 1.807) is 0 Å². The number of likely N-dealkylation sites (N-methyl/N-ethyl adjacent to an activating group) is 1. The maximum Gasteiger partial charge on any atom is 0.138 e. The van der Waals surface area contributed by atoms with E-state index in [0.717, 1.165) is 34.7 Å². The molecule has 3 rings (SSSR count). The fourth-order valence-electron chi connectivity index (χ4n) is 2.17. The molecule has 0 amide bonds. The van der Waals surface area contributed by atoms with Crippen molar-refractivity contribution in [2.24, 2.45) is 0 Å². The number of nitrogens with one attached hydrogen (secondary N) is 1. The maximum absolute atomic E-state index is 5.77. The van der Waals surface area contributed by atoms with Crippen molar-refractivity contribution < 1.29 is 4.74 Å². The molecule has 1 heterocycles. The Hall–Kier alpha value is -2.33. The minimum absolute atomic E-state index is 0.677. The van der Waals surface area contributed by atoms with Crippen molar-refractivity contribution in [2.45, 2.75) is 0 Å². The molecule has 0 bridgehead atoms. The first-order chi connectivity index (χ1) is 10.2.